The summed E-state index contributed by atoms with van der Waals surface area (Å²) in [4.78, 5) is 4.51. The van der Waals surface area contributed by atoms with Gasteiger partial charge in [-0.3, -0.25) is 0 Å². The molecule has 0 saturated heterocycles. The number of imidazole rings is 1. The number of nitrogens with zero attached hydrogens (tertiary/aromatic N) is 2. The van der Waals surface area contributed by atoms with Gasteiger partial charge in [0.2, 0.25) is 0 Å². The van der Waals surface area contributed by atoms with Crippen molar-refractivity contribution in [2.24, 2.45) is 5.73 Å². The molecule has 0 atom stereocenters. The highest BCUT2D eigenvalue weighted by atomic mass is 16.5. The molecule has 0 radical (unpaired) electrons. The van der Waals surface area contributed by atoms with E-state index in [1.807, 2.05) is 28.9 Å². The predicted octanol–water partition coefficient (Wildman–Crippen LogP) is 1.62. The Bertz CT molecular complexity index is 464. The SMILES string of the molecule is CCCOc1cccn2cc(CCN)nc12. The van der Waals surface area contributed by atoms with E-state index in [9.17, 15) is 0 Å². The fourth-order valence-corrected chi connectivity index (χ4v) is 1.63. The molecule has 0 aliphatic rings. The third-order valence-corrected chi connectivity index (χ3v) is 2.36. The Morgan fingerprint density at radius 2 is 2.38 bits per heavy atom. The summed E-state index contributed by atoms with van der Waals surface area (Å²) in [5.41, 5.74) is 7.40. The second kappa shape index (κ2) is 4.99. The number of hydrogen-bond donors (Lipinski definition) is 1. The minimum atomic E-state index is 0.620. The number of rotatable bonds is 5. The summed E-state index contributed by atoms with van der Waals surface area (Å²) in [6, 6.07) is 3.91. The molecule has 0 aromatic carbocycles. The monoisotopic (exact) mass is 219 g/mol. The van der Waals surface area contributed by atoms with Crippen LogP contribution < -0.4 is 10.5 Å². The number of fused-ring (bicyclic) bond motifs is 1. The number of pyridine rings is 1. The zero-order valence-electron chi connectivity index (χ0n) is 9.52. The van der Waals surface area contributed by atoms with Crippen molar-refractivity contribution in [2.75, 3.05) is 13.2 Å². The largest absolute Gasteiger partial charge is 0.490 e. The normalized spacial score (nSPS) is 10.9. The van der Waals surface area contributed by atoms with Crippen LogP contribution >= 0.6 is 0 Å². The molecular formula is C12H17N3O. The van der Waals surface area contributed by atoms with E-state index in [1.165, 1.54) is 0 Å². The van der Waals surface area contributed by atoms with Crippen molar-refractivity contribution in [3.05, 3.63) is 30.2 Å². The van der Waals surface area contributed by atoms with Crippen LogP contribution in [0.5, 0.6) is 5.75 Å². The van der Waals surface area contributed by atoms with Crippen molar-refractivity contribution in [2.45, 2.75) is 19.8 Å². The van der Waals surface area contributed by atoms with Gasteiger partial charge in [-0.15, -0.1) is 0 Å². The number of hydrogen-bond acceptors (Lipinski definition) is 3. The van der Waals surface area contributed by atoms with Gasteiger partial charge in [0.15, 0.2) is 11.4 Å². The van der Waals surface area contributed by atoms with Gasteiger partial charge in [-0.05, 0) is 25.1 Å². The molecule has 0 fully saturated rings. The average Bonchev–Trinajstić information content (AvgIpc) is 2.69. The van der Waals surface area contributed by atoms with E-state index in [4.69, 9.17) is 10.5 Å². The number of aromatic nitrogens is 2. The first kappa shape index (κ1) is 11.0. The maximum atomic E-state index is 5.65. The fourth-order valence-electron chi connectivity index (χ4n) is 1.63. The molecule has 0 amide bonds. The topological polar surface area (TPSA) is 52.5 Å². The summed E-state index contributed by atoms with van der Waals surface area (Å²) in [6.45, 7) is 3.43. The summed E-state index contributed by atoms with van der Waals surface area (Å²) in [5, 5.41) is 0. The zero-order chi connectivity index (χ0) is 11.4. The Kier molecular flexibility index (Phi) is 3.41. The molecule has 0 bridgehead atoms. The van der Waals surface area contributed by atoms with Gasteiger partial charge in [-0.1, -0.05) is 6.92 Å². The standard InChI is InChI=1S/C12H17N3O/c1-2-8-16-11-4-3-7-15-9-10(5-6-13)14-12(11)15/h3-4,7,9H,2,5-6,8,13H2,1H3. The summed E-state index contributed by atoms with van der Waals surface area (Å²) in [6.07, 6.45) is 5.77. The second-order valence-corrected chi connectivity index (χ2v) is 3.72. The van der Waals surface area contributed by atoms with E-state index in [2.05, 4.69) is 11.9 Å². The molecule has 16 heavy (non-hydrogen) atoms. The van der Waals surface area contributed by atoms with Gasteiger partial charge in [0, 0.05) is 18.8 Å². The van der Waals surface area contributed by atoms with E-state index in [0.29, 0.717) is 6.54 Å². The number of nitrogens with two attached hydrogens (primary N) is 1. The Morgan fingerprint density at radius 3 is 3.12 bits per heavy atom. The summed E-state index contributed by atoms with van der Waals surface area (Å²) >= 11 is 0. The van der Waals surface area contributed by atoms with Gasteiger partial charge in [-0.2, -0.15) is 0 Å². The minimum absolute atomic E-state index is 0.620. The molecule has 4 nitrogen and oxygen atoms in total. The van der Waals surface area contributed by atoms with Crippen molar-refractivity contribution in [3.8, 4) is 5.75 Å². The first-order valence-electron chi connectivity index (χ1n) is 5.64. The van der Waals surface area contributed by atoms with Gasteiger partial charge < -0.3 is 14.9 Å². The second-order valence-electron chi connectivity index (χ2n) is 3.72. The lowest BCUT2D eigenvalue weighted by Gasteiger charge is -2.04. The molecule has 2 aromatic rings. The molecule has 2 heterocycles. The predicted molar refractivity (Wildman–Crippen MR) is 63.7 cm³/mol. The van der Waals surface area contributed by atoms with Gasteiger partial charge in [0.25, 0.3) is 0 Å². The van der Waals surface area contributed by atoms with Crippen LogP contribution in [0.15, 0.2) is 24.5 Å². The van der Waals surface area contributed by atoms with Gasteiger partial charge in [0.05, 0.1) is 12.3 Å². The quantitative estimate of drug-likeness (QED) is 0.831. The third-order valence-electron chi connectivity index (χ3n) is 2.36. The fraction of sp³-hybridized carbons (Fsp3) is 0.417. The van der Waals surface area contributed by atoms with E-state index in [-0.39, 0.29) is 0 Å². The molecule has 0 aliphatic heterocycles. The lowest BCUT2D eigenvalue weighted by Crippen LogP contribution is -2.02. The van der Waals surface area contributed by atoms with Crippen molar-refractivity contribution < 1.29 is 4.74 Å². The first-order chi connectivity index (χ1) is 7.85. The Labute approximate surface area is 95.0 Å². The van der Waals surface area contributed by atoms with Gasteiger partial charge in [0.1, 0.15) is 0 Å². The van der Waals surface area contributed by atoms with Crippen LogP contribution in [0.2, 0.25) is 0 Å². The van der Waals surface area contributed by atoms with Crippen LogP contribution in [0.1, 0.15) is 19.0 Å². The molecule has 0 saturated carbocycles. The molecule has 86 valence electrons. The molecule has 0 spiro atoms. The van der Waals surface area contributed by atoms with Crippen molar-refractivity contribution in [1.82, 2.24) is 9.38 Å². The Morgan fingerprint density at radius 1 is 1.50 bits per heavy atom. The lowest BCUT2D eigenvalue weighted by atomic mass is 10.3. The molecule has 4 heteroatoms. The van der Waals surface area contributed by atoms with Crippen molar-refractivity contribution >= 4 is 5.65 Å². The van der Waals surface area contributed by atoms with Crippen LogP contribution in [-0.2, 0) is 6.42 Å². The van der Waals surface area contributed by atoms with Crippen LogP contribution in [0, 0.1) is 0 Å². The third kappa shape index (κ3) is 2.17. The van der Waals surface area contributed by atoms with Gasteiger partial charge >= 0.3 is 0 Å². The molecular weight excluding hydrogens is 202 g/mol. The maximum absolute atomic E-state index is 5.65. The minimum Gasteiger partial charge on any atom is -0.490 e. The van der Waals surface area contributed by atoms with Crippen LogP contribution in [0.4, 0.5) is 0 Å². The van der Waals surface area contributed by atoms with E-state index < -0.39 is 0 Å². The van der Waals surface area contributed by atoms with Crippen molar-refractivity contribution in [3.63, 3.8) is 0 Å². The highest BCUT2D eigenvalue weighted by molar-refractivity contribution is 5.54. The zero-order valence-corrected chi connectivity index (χ0v) is 9.52. The van der Waals surface area contributed by atoms with E-state index in [0.717, 1.165) is 36.5 Å². The van der Waals surface area contributed by atoms with Crippen molar-refractivity contribution in [1.29, 1.82) is 0 Å². The van der Waals surface area contributed by atoms with E-state index >= 15 is 0 Å². The highest BCUT2D eigenvalue weighted by Crippen LogP contribution is 2.19. The Hall–Kier alpha value is -1.55. The summed E-state index contributed by atoms with van der Waals surface area (Å²) < 4.78 is 7.63. The highest BCUT2D eigenvalue weighted by Gasteiger charge is 2.06. The van der Waals surface area contributed by atoms with Gasteiger partial charge in [-0.25, -0.2) is 4.98 Å². The summed E-state index contributed by atoms with van der Waals surface area (Å²) in [5.74, 6) is 0.840. The van der Waals surface area contributed by atoms with E-state index in [1.54, 1.807) is 0 Å². The number of ether oxygens (including phenoxy) is 1. The maximum Gasteiger partial charge on any atom is 0.179 e. The Balaban J connectivity index is 2.34. The smallest absolute Gasteiger partial charge is 0.179 e. The van der Waals surface area contributed by atoms with Crippen LogP contribution in [-0.4, -0.2) is 22.5 Å². The molecule has 2 aromatic heterocycles. The van der Waals surface area contributed by atoms with Crippen LogP contribution in [0.3, 0.4) is 0 Å². The lowest BCUT2D eigenvalue weighted by molar-refractivity contribution is 0.319. The first-order valence-corrected chi connectivity index (χ1v) is 5.64. The summed E-state index contributed by atoms with van der Waals surface area (Å²) in [7, 11) is 0. The molecule has 0 unspecified atom stereocenters. The molecule has 2 N–H and O–H groups in total. The van der Waals surface area contributed by atoms with Crippen LogP contribution in [0.25, 0.3) is 5.65 Å². The molecule has 0 aliphatic carbocycles. The molecule has 2 rings (SSSR count). The average molecular weight is 219 g/mol.